The number of hydrogen-bond acceptors (Lipinski definition) is 5. The molecule has 7 nitrogen and oxygen atoms in total. The van der Waals surface area contributed by atoms with Crippen LogP contribution < -0.4 is 5.32 Å². The Morgan fingerprint density at radius 1 is 1.43 bits per heavy atom. The van der Waals surface area contributed by atoms with Gasteiger partial charge >= 0.3 is 0 Å². The summed E-state index contributed by atoms with van der Waals surface area (Å²) in [4.78, 5) is 2.18. The lowest BCUT2D eigenvalue weighted by Gasteiger charge is -2.36. The van der Waals surface area contributed by atoms with Crippen molar-refractivity contribution in [2.24, 2.45) is 0 Å². The zero-order chi connectivity index (χ0) is 15.0. The van der Waals surface area contributed by atoms with E-state index in [4.69, 9.17) is 0 Å². The van der Waals surface area contributed by atoms with Crippen LogP contribution in [0.25, 0.3) is 0 Å². The van der Waals surface area contributed by atoms with Crippen molar-refractivity contribution in [3.63, 3.8) is 0 Å². The summed E-state index contributed by atoms with van der Waals surface area (Å²) in [5, 5.41) is 10.2. The van der Waals surface area contributed by atoms with E-state index in [0.717, 1.165) is 12.1 Å². The summed E-state index contributed by atoms with van der Waals surface area (Å²) in [5.41, 5.74) is 0.730. The lowest BCUT2D eigenvalue weighted by atomic mass is 10.2. The topological polar surface area (TPSA) is 81.3 Å². The SMILES string of the molecule is CC1CN(S(=O)(=O)c2[nH]ncc2CNC2CC2)CCN1C. The van der Waals surface area contributed by atoms with Gasteiger partial charge in [0.15, 0.2) is 5.03 Å². The van der Waals surface area contributed by atoms with Crippen LogP contribution in [-0.2, 0) is 16.6 Å². The number of aromatic nitrogens is 2. The molecule has 118 valence electrons. The van der Waals surface area contributed by atoms with E-state index in [-0.39, 0.29) is 11.1 Å². The molecule has 2 aliphatic rings. The fourth-order valence-corrected chi connectivity index (χ4v) is 4.17. The van der Waals surface area contributed by atoms with Gasteiger partial charge < -0.3 is 10.2 Å². The maximum absolute atomic E-state index is 12.8. The summed E-state index contributed by atoms with van der Waals surface area (Å²) >= 11 is 0. The fourth-order valence-electron chi connectivity index (χ4n) is 2.55. The number of nitrogens with one attached hydrogen (secondary N) is 2. The van der Waals surface area contributed by atoms with Crippen LogP contribution in [0.5, 0.6) is 0 Å². The van der Waals surface area contributed by atoms with Crippen molar-refractivity contribution >= 4 is 10.0 Å². The van der Waals surface area contributed by atoms with Crippen molar-refractivity contribution in [3.05, 3.63) is 11.8 Å². The van der Waals surface area contributed by atoms with Gasteiger partial charge in [0.1, 0.15) is 0 Å². The van der Waals surface area contributed by atoms with E-state index in [1.165, 1.54) is 12.8 Å². The Morgan fingerprint density at radius 3 is 2.86 bits per heavy atom. The molecule has 8 heteroatoms. The molecule has 0 aromatic carbocycles. The molecule has 1 aromatic heterocycles. The van der Waals surface area contributed by atoms with Crippen LogP contribution in [0, 0.1) is 0 Å². The van der Waals surface area contributed by atoms with Crippen molar-refractivity contribution in [3.8, 4) is 0 Å². The second-order valence-corrected chi connectivity index (χ2v) is 7.95. The Balaban J connectivity index is 1.76. The highest BCUT2D eigenvalue weighted by Crippen LogP contribution is 2.23. The molecule has 1 saturated carbocycles. The second kappa shape index (κ2) is 5.68. The number of likely N-dealkylation sites (N-methyl/N-ethyl adjacent to an activating group) is 1. The third-order valence-electron chi connectivity index (χ3n) is 4.36. The summed E-state index contributed by atoms with van der Waals surface area (Å²) in [5.74, 6) is 0. The molecule has 0 radical (unpaired) electrons. The van der Waals surface area contributed by atoms with Gasteiger partial charge in [-0.25, -0.2) is 8.42 Å². The van der Waals surface area contributed by atoms with Crippen molar-refractivity contribution in [2.45, 2.75) is 43.4 Å². The van der Waals surface area contributed by atoms with Crippen molar-refractivity contribution in [1.82, 2.24) is 24.7 Å². The van der Waals surface area contributed by atoms with Gasteiger partial charge in [0, 0.05) is 43.8 Å². The fraction of sp³-hybridized carbons (Fsp3) is 0.769. The lowest BCUT2D eigenvalue weighted by Crippen LogP contribution is -2.52. The number of H-pyrrole nitrogens is 1. The summed E-state index contributed by atoms with van der Waals surface area (Å²) in [6.45, 7) is 4.40. The van der Waals surface area contributed by atoms with Gasteiger partial charge in [0.25, 0.3) is 10.0 Å². The van der Waals surface area contributed by atoms with Crippen LogP contribution in [0.1, 0.15) is 25.3 Å². The Morgan fingerprint density at radius 2 is 2.19 bits per heavy atom. The predicted molar refractivity (Wildman–Crippen MR) is 79.3 cm³/mol. The van der Waals surface area contributed by atoms with E-state index in [0.29, 0.717) is 25.7 Å². The third kappa shape index (κ3) is 3.13. The number of piperazine rings is 1. The molecule has 0 spiro atoms. The van der Waals surface area contributed by atoms with Crippen molar-refractivity contribution in [1.29, 1.82) is 0 Å². The highest BCUT2D eigenvalue weighted by Gasteiger charge is 2.33. The van der Waals surface area contributed by atoms with E-state index in [1.807, 2.05) is 14.0 Å². The number of aromatic amines is 1. The first-order chi connectivity index (χ1) is 9.98. The Labute approximate surface area is 125 Å². The van der Waals surface area contributed by atoms with Crippen LogP contribution >= 0.6 is 0 Å². The molecule has 0 amide bonds. The lowest BCUT2D eigenvalue weighted by molar-refractivity contribution is 0.159. The van der Waals surface area contributed by atoms with Crippen molar-refractivity contribution < 1.29 is 8.42 Å². The Hall–Kier alpha value is -0.960. The highest BCUT2D eigenvalue weighted by molar-refractivity contribution is 7.89. The summed E-state index contributed by atoms with van der Waals surface area (Å²) < 4.78 is 27.1. The smallest absolute Gasteiger partial charge is 0.260 e. The summed E-state index contributed by atoms with van der Waals surface area (Å²) in [6, 6.07) is 0.767. The zero-order valence-corrected chi connectivity index (χ0v) is 13.4. The summed E-state index contributed by atoms with van der Waals surface area (Å²) in [6.07, 6.45) is 3.97. The van der Waals surface area contributed by atoms with E-state index < -0.39 is 10.0 Å². The number of sulfonamides is 1. The van der Waals surface area contributed by atoms with E-state index in [9.17, 15) is 8.42 Å². The predicted octanol–water partition coefficient (Wildman–Crippen LogP) is -0.0137. The molecule has 1 aromatic rings. The quantitative estimate of drug-likeness (QED) is 0.799. The van der Waals surface area contributed by atoms with Gasteiger partial charge in [0.2, 0.25) is 0 Å². The minimum absolute atomic E-state index is 0.226. The first-order valence-electron chi connectivity index (χ1n) is 7.44. The molecule has 2 heterocycles. The molecule has 0 bridgehead atoms. The third-order valence-corrected chi connectivity index (χ3v) is 6.24. The molecule has 1 aliphatic carbocycles. The van der Waals surface area contributed by atoms with Gasteiger partial charge in [-0.05, 0) is 26.8 Å². The number of rotatable bonds is 5. The molecule has 21 heavy (non-hydrogen) atoms. The standard InChI is InChI=1S/C13H23N5O2S/c1-10-9-18(6-5-17(10)2)21(19,20)13-11(8-15-16-13)7-14-12-3-4-12/h8,10,12,14H,3-7,9H2,1-2H3,(H,15,16). The molecular formula is C13H23N5O2S. The monoisotopic (exact) mass is 313 g/mol. The molecule has 1 saturated heterocycles. The first kappa shape index (κ1) is 15.0. The molecule has 2 N–H and O–H groups in total. The molecule has 3 rings (SSSR count). The van der Waals surface area contributed by atoms with Crippen molar-refractivity contribution in [2.75, 3.05) is 26.7 Å². The van der Waals surface area contributed by atoms with Gasteiger partial charge in [-0.15, -0.1) is 0 Å². The maximum Gasteiger partial charge on any atom is 0.260 e. The average Bonchev–Trinajstić information content (AvgIpc) is 3.15. The van der Waals surface area contributed by atoms with Crippen LogP contribution in [0.4, 0.5) is 0 Å². The largest absolute Gasteiger partial charge is 0.310 e. The molecule has 1 aliphatic heterocycles. The van der Waals surface area contributed by atoms with Crippen LogP contribution in [-0.4, -0.2) is 66.6 Å². The summed E-state index contributed by atoms with van der Waals surface area (Å²) in [7, 11) is -1.46. The second-order valence-electron chi connectivity index (χ2n) is 6.07. The van der Waals surface area contributed by atoms with Crippen LogP contribution in [0.2, 0.25) is 0 Å². The normalized spacial score (nSPS) is 25.3. The minimum Gasteiger partial charge on any atom is -0.310 e. The van der Waals surface area contributed by atoms with Crippen LogP contribution in [0.15, 0.2) is 11.2 Å². The molecule has 2 fully saturated rings. The molecule has 1 atom stereocenters. The van der Waals surface area contributed by atoms with Crippen LogP contribution in [0.3, 0.4) is 0 Å². The van der Waals surface area contributed by atoms with E-state index in [1.54, 1.807) is 10.5 Å². The number of nitrogens with zero attached hydrogens (tertiary/aromatic N) is 3. The minimum atomic E-state index is -3.48. The van der Waals surface area contributed by atoms with E-state index in [2.05, 4.69) is 20.4 Å². The zero-order valence-electron chi connectivity index (χ0n) is 12.5. The maximum atomic E-state index is 12.8. The Kier molecular flexibility index (Phi) is 4.04. The van der Waals surface area contributed by atoms with E-state index >= 15 is 0 Å². The highest BCUT2D eigenvalue weighted by atomic mass is 32.2. The number of hydrogen-bond donors (Lipinski definition) is 2. The molecule has 1 unspecified atom stereocenters. The molecular weight excluding hydrogens is 290 g/mol. The first-order valence-corrected chi connectivity index (χ1v) is 8.88. The Bertz CT molecular complexity index is 595. The van der Waals surface area contributed by atoms with Gasteiger partial charge in [-0.3, -0.25) is 5.10 Å². The average molecular weight is 313 g/mol. The van der Waals surface area contributed by atoms with Gasteiger partial charge in [-0.1, -0.05) is 0 Å². The van der Waals surface area contributed by atoms with Gasteiger partial charge in [0.05, 0.1) is 6.20 Å². The van der Waals surface area contributed by atoms with Gasteiger partial charge in [-0.2, -0.15) is 9.40 Å².